The molecule has 0 N–H and O–H groups in total. The summed E-state index contributed by atoms with van der Waals surface area (Å²) >= 11 is 27.2. The molecule has 0 bridgehead atoms. The summed E-state index contributed by atoms with van der Waals surface area (Å²) in [4.78, 5) is 16.3. The van der Waals surface area contributed by atoms with E-state index >= 15 is 0 Å². The maximum absolute atomic E-state index is 14.0. The Hall–Kier alpha value is -2.57. The molecule has 9 heteroatoms. The smallest absolute Gasteiger partial charge is 0.341 e. The molecular formula is C37H42Cl4N2O3. The van der Waals surface area contributed by atoms with E-state index in [0.29, 0.717) is 23.5 Å². The number of carbonyl (C=O) groups is 1. The molecule has 5 nitrogen and oxygen atoms in total. The molecule has 0 amide bonds. The number of unbranched alkanes of at least 4 members (excludes halogenated alkanes) is 5. The molecule has 4 aromatic rings. The fourth-order valence-electron chi connectivity index (χ4n) is 6.97. The van der Waals surface area contributed by atoms with Gasteiger partial charge in [0, 0.05) is 64.7 Å². The molecule has 0 saturated carbocycles. The molecule has 2 heterocycles. The molecule has 0 saturated heterocycles. The Morgan fingerprint density at radius 3 is 2.20 bits per heavy atom. The molecule has 3 aromatic carbocycles. The van der Waals surface area contributed by atoms with Gasteiger partial charge in [-0.25, -0.2) is 4.79 Å². The van der Waals surface area contributed by atoms with Gasteiger partial charge in [0.05, 0.1) is 32.3 Å². The number of benzene rings is 3. The maximum Gasteiger partial charge on any atom is 0.341 e. The first-order valence-electron chi connectivity index (χ1n) is 16.4. The average molecular weight is 705 g/mol. The van der Waals surface area contributed by atoms with Crippen LogP contribution in [0.25, 0.3) is 10.9 Å². The Kier molecular flexibility index (Phi) is 11.1. The molecule has 1 atom stereocenters. The molecule has 1 aliphatic rings. The van der Waals surface area contributed by atoms with Gasteiger partial charge in [-0.2, -0.15) is 0 Å². The van der Waals surface area contributed by atoms with Crippen LogP contribution in [-0.2, 0) is 16.9 Å². The van der Waals surface area contributed by atoms with E-state index in [0.717, 1.165) is 60.3 Å². The number of carbonyl (C=O) groups excluding carboxylic acids is 1. The lowest BCUT2D eigenvalue weighted by molar-refractivity contribution is 0.0246. The van der Waals surface area contributed by atoms with Crippen molar-refractivity contribution in [2.24, 2.45) is 0 Å². The first-order valence-corrected chi connectivity index (χ1v) is 17.9. The number of ether oxygens (including phenoxy) is 2. The lowest BCUT2D eigenvalue weighted by Crippen LogP contribution is -2.32. The summed E-state index contributed by atoms with van der Waals surface area (Å²) in [7, 11) is 0. The van der Waals surface area contributed by atoms with Gasteiger partial charge in [-0.1, -0.05) is 104 Å². The average Bonchev–Trinajstić information content (AvgIpc) is 3.52. The van der Waals surface area contributed by atoms with E-state index in [-0.39, 0.29) is 25.7 Å². The zero-order valence-electron chi connectivity index (χ0n) is 27.2. The molecule has 46 heavy (non-hydrogen) atoms. The highest BCUT2D eigenvalue weighted by atomic mass is 35.5. The van der Waals surface area contributed by atoms with Crippen molar-refractivity contribution in [2.75, 3.05) is 24.6 Å². The summed E-state index contributed by atoms with van der Waals surface area (Å²) in [5, 5.41) is 1.17. The van der Waals surface area contributed by atoms with E-state index < -0.39 is 11.6 Å². The van der Waals surface area contributed by atoms with Crippen LogP contribution in [0.2, 0.25) is 20.1 Å². The van der Waals surface area contributed by atoms with Crippen molar-refractivity contribution in [1.82, 2.24) is 4.57 Å². The Morgan fingerprint density at radius 1 is 0.826 bits per heavy atom. The zero-order chi connectivity index (χ0) is 33.2. The van der Waals surface area contributed by atoms with E-state index in [2.05, 4.69) is 49.3 Å². The largest absolute Gasteiger partial charge is 0.493 e. The molecule has 0 radical (unpaired) electrons. The van der Waals surface area contributed by atoms with Crippen LogP contribution in [-0.4, -0.2) is 30.2 Å². The van der Waals surface area contributed by atoms with E-state index in [1.165, 1.54) is 25.7 Å². The lowest BCUT2D eigenvalue weighted by atomic mass is 9.78. The summed E-state index contributed by atoms with van der Waals surface area (Å²) in [6, 6.07) is 14.3. The van der Waals surface area contributed by atoms with Gasteiger partial charge in [-0.3, -0.25) is 0 Å². The Balaban J connectivity index is 1.84. The number of rotatable bonds is 14. The minimum Gasteiger partial charge on any atom is -0.493 e. The molecule has 0 aliphatic carbocycles. The predicted molar refractivity (Wildman–Crippen MR) is 193 cm³/mol. The fourth-order valence-corrected chi connectivity index (χ4v) is 8.03. The number of para-hydroxylation sites is 1. The van der Waals surface area contributed by atoms with Gasteiger partial charge in [-0.15, -0.1) is 0 Å². The van der Waals surface area contributed by atoms with Crippen molar-refractivity contribution >= 4 is 69.0 Å². The van der Waals surface area contributed by atoms with E-state index in [1.54, 1.807) is 0 Å². The van der Waals surface area contributed by atoms with Gasteiger partial charge in [0.2, 0.25) is 0 Å². The standard InChI is InChI=1S/C37H42Cl4N2O3/c1-6-10-11-12-13-16-21-43-23(5)30(25-17-14-15-18-27(25)43)37(26-20-19-24(42(7-2)8-3)22-28(26)45-9-4)31-29(36(44)46-37)32(38)34(40)35(41)33(31)39/h14-15,17-20,22H,6-13,16,21H2,1-5H3. The Morgan fingerprint density at radius 2 is 1.50 bits per heavy atom. The van der Waals surface area contributed by atoms with Gasteiger partial charge in [0.25, 0.3) is 0 Å². The van der Waals surface area contributed by atoms with Gasteiger partial charge < -0.3 is 18.9 Å². The van der Waals surface area contributed by atoms with Crippen LogP contribution in [0.1, 0.15) is 99.0 Å². The van der Waals surface area contributed by atoms with Crippen LogP contribution in [0.15, 0.2) is 42.5 Å². The van der Waals surface area contributed by atoms with Crippen molar-refractivity contribution in [3.63, 3.8) is 0 Å². The first-order chi connectivity index (χ1) is 22.2. The van der Waals surface area contributed by atoms with Crippen molar-refractivity contribution in [3.8, 4) is 5.75 Å². The van der Waals surface area contributed by atoms with Crippen LogP contribution >= 0.6 is 46.4 Å². The number of aryl methyl sites for hydroxylation is 1. The summed E-state index contributed by atoms with van der Waals surface area (Å²) in [5.74, 6) is -0.0409. The fraction of sp³-hybridized carbons (Fsp3) is 0.432. The number of esters is 1. The molecule has 246 valence electrons. The number of nitrogens with zero attached hydrogens (tertiary/aromatic N) is 2. The Labute approximate surface area is 292 Å². The number of halogens is 4. The predicted octanol–water partition coefficient (Wildman–Crippen LogP) is 11.6. The van der Waals surface area contributed by atoms with E-state index in [9.17, 15) is 4.79 Å². The van der Waals surface area contributed by atoms with E-state index in [4.69, 9.17) is 55.9 Å². The third-order valence-electron chi connectivity index (χ3n) is 9.16. The molecule has 0 spiro atoms. The molecule has 1 aliphatic heterocycles. The monoisotopic (exact) mass is 702 g/mol. The zero-order valence-corrected chi connectivity index (χ0v) is 30.3. The van der Waals surface area contributed by atoms with Crippen LogP contribution in [0, 0.1) is 6.92 Å². The second-order valence-corrected chi connectivity index (χ2v) is 13.3. The van der Waals surface area contributed by atoms with Gasteiger partial charge >= 0.3 is 5.97 Å². The summed E-state index contributed by atoms with van der Waals surface area (Å²) in [6.45, 7) is 13.4. The maximum atomic E-state index is 14.0. The highest BCUT2D eigenvalue weighted by Gasteiger charge is 2.55. The third-order valence-corrected chi connectivity index (χ3v) is 11.0. The number of aromatic nitrogens is 1. The third kappa shape index (κ3) is 5.87. The molecule has 1 unspecified atom stereocenters. The number of anilines is 1. The second kappa shape index (κ2) is 14.7. The summed E-state index contributed by atoms with van der Waals surface area (Å²) in [6.07, 6.45) is 7.10. The van der Waals surface area contributed by atoms with Crippen molar-refractivity contribution in [3.05, 3.63) is 90.5 Å². The quantitative estimate of drug-likeness (QED) is 0.0567. The lowest BCUT2D eigenvalue weighted by Gasteiger charge is -2.34. The topological polar surface area (TPSA) is 43.7 Å². The molecule has 0 fully saturated rings. The van der Waals surface area contributed by atoms with Crippen molar-refractivity contribution in [1.29, 1.82) is 0 Å². The number of hydrogen-bond acceptors (Lipinski definition) is 4. The summed E-state index contributed by atoms with van der Waals surface area (Å²) < 4.78 is 15.3. The van der Waals surface area contributed by atoms with Gasteiger partial charge in [-0.05, 0) is 52.3 Å². The SMILES string of the molecule is CCCCCCCCn1c(C)c(C2(c3ccc(N(CC)CC)cc3OCC)OC(=O)c3c(Cl)c(Cl)c(Cl)c(Cl)c32)c2ccccc21. The minimum absolute atomic E-state index is 0.0176. The first kappa shape index (κ1) is 34.8. The second-order valence-electron chi connectivity index (χ2n) is 11.8. The normalized spacial score (nSPS) is 15.8. The molecule has 1 aromatic heterocycles. The Bertz CT molecular complexity index is 1750. The van der Waals surface area contributed by atoms with Gasteiger partial charge in [0.1, 0.15) is 5.75 Å². The number of cyclic esters (lactones) is 1. The number of fused-ring (bicyclic) bond motifs is 2. The van der Waals surface area contributed by atoms with Crippen LogP contribution in [0.5, 0.6) is 5.75 Å². The highest BCUT2D eigenvalue weighted by molar-refractivity contribution is 6.53. The van der Waals surface area contributed by atoms with Crippen LogP contribution in [0.4, 0.5) is 5.69 Å². The number of hydrogen-bond donors (Lipinski definition) is 0. The van der Waals surface area contributed by atoms with Crippen LogP contribution < -0.4 is 9.64 Å². The van der Waals surface area contributed by atoms with Gasteiger partial charge in [0.15, 0.2) is 5.60 Å². The van der Waals surface area contributed by atoms with E-state index in [1.807, 2.05) is 37.3 Å². The van der Waals surface area contributed by atoms with Crippen molar-refractivity contribution < 1.29 is 14.3 Å². The van der Waals surface area contributed by atoms with Crippen molar-refractivity contribution in [2.45, 2.75) is 85.3 Å². The highest BCUT2D eigenvalue weighted by Crippen LogP contribution is 2.59. The molecule has 5 rings (SSSR count). The minimum atomic E-state index is -1.52. The molecular weight excluding hydrogens is 662 g/mol. The van der Waals surface area contributed by atoms with Crippen LogP contribution in [0.3, 0.4) is 0 Å². The summed E-state index contributed by atoms with van der Waals surface area (Å²) in [5.41, 5.74) is 3.41.